The molecule has 0 bridgehead atoms. The minimum absolute atomic E-state index is 0.609. The zero-order chi connectivity index (χ0) is 16.1. The van der Waals surface area contributed by atoms with Gasteiger partial charge in [0.1, 0.15) is 12.1 Å². The molecule has 0 spiro atoms. The number of thioether (sulfide) groups is 1. The van der Waals surface area contributed by atoms with Crippen molar-refractivity contribution in [2.45, 2.75) is 12.1 Å². The molecule has 0 radical (unpaired) electrons. The van der Waals surface area contributed by atoms with Crippen LogP contribution in [-0.4, -0.2) is 27.1 Å². The van der Waals surface area contributed by atoms with Crippen molar-refractivity contribution in [2.24, 2.45) is 0 Å². The predicted molar refractivity (Wildman–Crippen MR) is 93.8 cm³/mol. The maximum absolute atomic E-state index is 6.04. The van der Waals surface area contributed by atoms with Crippen molar-refractivity contribution >= 4 is 23.4 Å². The number of halogens is 1. The van der Waals surface area contributed by atoms with Gasteiger partial charge in [0, 0.05) is 10.8 Å². The van der Waals surface area contributed by atoms with Crippen LogP contribution in [0.25, 0.3) is 5.69 Å². The number of para-hydroxylation sites is 1. The Labute approximate surface area is 144 Å². The molecule has 0 aliphatic heterocycles. The van der Waals surface area contributed by atoms with E-state index in [-0.39, 0.29) is 0 Å². The molecule has 0 N–H and O–H groups in total. The second-order valence-electron chi connectivity index (χ2n) is 4.93. The number of benzene rings is 2. The van der Waals surface area contributed by atoms with Crippen LogP contribution < -0.4 is 4.74 Å². The second kappa shape index (κ2) is 7.53. The van der Waals surface area contributed by atoms with Crippen molar-refractivity contribution in [1.82, 2.24) is 14.8 Å². The predicted octanol–water partition coefficient (Wildman–Crippen LogP) is 4.40. The molecule has 3 rings (SSSR count). The number of hydrogen-bond acceptors (Lipinski definition) is 4. The standard InChI is InChI=1S/C17H16ClN3OS/c1-13-5-2-3-8-16(13)22-9-10-23-17-20-19-12-21(17)15-7-4-6-14(18)11-15/h2-8,11-12H,9-10H2,1H3. The summed E-state index contributed by atoms with van der Waals surface area (Å²) in [6.07, 6.45) is 1.69. The summed E-state index contributed by atoms with van der Waals surface area (Å²) < 4.78 is 7.72. The average molecular weight is 346 g/mol. The lowest BCUT2D eigenvalue weighted by Gasteiger charge is -2.09. The minimum Gasteiger partial charge on any atom is -0.492 e. The SMILES string of the molecule is Cc1ccccc1OCCSc1nncn1-c1cccc(Cl)c1. The molecule has 0 aliphatic rings. The molecule has 118 valence electrons. The highest BCUT2D eigenvalue weighted by molar-refractivity contribution is 7.99. The minimum atomic E-state index is 0.609. The second-order valence-corrected chi connectivity index (χ2v) is 6.42. The molecule has 0 amide bonds. The van der Waals surface area contributed by atoms with Crippen molar-refractivity contribution < 1.29 is 4.74 Å². The smallest absolute Gasteiger partial charge is 0.195 e. The third-order valence-corrected chi connectivity index (χ3v) is 4.41. The first-order chi connectivity index (χ1) is 11.2. The van der Waals surface area contributed by atoms with Gasteiger partial charge in [-0.3, -0.25) is 4.57 Å². The van der Waals surface area contributed by atoms with E-state index >= 15 is 0 Å². The normalized spacial score (nSPS) is 10.7. The van der Waals surface area contributed by atoms with Crippen molar-refractivity contribution in [3.05, 3.63) is 65.4 Å². The first kappa shape index (κ1) is 15.9. The molecule has 0 aliphatic carbocycles. The Morgan fingerprint density at radius 2 is 2.04 bits per heavy atom. The molecule has 6 heteroatoms. The van der Waals surface area contributed by atoms with Gasteiger partial charge in [-0.1, -0.05) is 47.6 Å². The van der Waals surface area contributed by atoms with Crippen LogP contribution in [0.15, 0.2) is 60.0 Å². The summed E-state index contributed by atoms with van der Waals surface area (Å²) in [7, 11) is 0. The first-order valence-electron chi connectivity index (χ1n) is 7.21. The lowest BCUT2D eigenvalue weighted by molar-refractivity contribution is 0.341. The average Bonchev–Trinajstić information content (AvgIpc) is 3.01. The highest BCUT2D eigenvalue weighted by atomic mass is 35.5. The summed E-state index contributed by atoms with van der Waals surface area (Å²) in [5.74, 6) is 1.71. The van der Waals surface area contributed by atoms with Crippen molar-refractivity contribution in [3.8, 4) is 11.4 Å². The van der Waals surface area contributed by atoms with Gasteiger partial charge in [0.2, 0.25) is 0 Å². The zero-order valence-corrected chi connectivity index (χ0v) is 14.2. The molecule has 2 aromatic carbocycles. The van der Waals surface area contributed by atoms with Gasteiger partial charge in [0.25, 0.3) is 0 Å². The van der Waals surface area contributed by atoms with Crippen molar-refractivity contribution in [1.29, 1.82) is 0 Å². The monoisotopic (exact) mass is 345 g/mol. The summed E-state index contributed by atoms with van der Waals surface area (Å²) in [6, 6.07) is 15.6. The number of aromatic nitrogens is 3. The number of ether oxygens (including phenoxy) is 1. The summed E-state index contributed by atoms with van der Waals surface area (Å²) in [6.45, 7) is 2.65. The Bertz CT molecular complexity index is 791. The van der Waals surface area contributed by atoms with Crippen LogP contribution in [-0.2, 0) is 0 Å². The Morgan fingerprint density at radius 3 is 2.87 bits per heavy atom. The van der Waals surface area contributed by atoms with E-state index in [0.29, 0.717) is 11.6 Å². The molecule has 4 nitrogen and oxygen atoms in total. The maximum atomic E-state index is 6.04. The van der Waals surface area contributed by atoms with Crippen LogP contribution in [0, 0.1) is 6.92 Å². The molecule has 1 heterocycles. The largest absolute Gasteiger partial charge is 0.492 e. The molecular formula is C17H16ClN3OS. The summed E-state index contributed by atoms with van der Waals surface area (Å²) in [5.41, 5.74) is 2.09. The van der Waals surface area contributed by atoms with E-state index < -0.39 is 0 Å². The van der Waals surface area contributed by atoms with Crippen LogP contribution in [0.5, 0.6) is 5.75 Å². The number of hydrogen-bond donors (Lipinski definition) is 0. The van der Waals surface area contributed by atoms with Gasteiger partial charge in [-0.15, -0.1) is 10.2 Å². The van der Waals surface area contributed by atoms with Crippen molar-refractivity contribution in [2.75, 3.05) is 12.4 Å². The highest BCUT2D eigenvalue weighted by Crippen LogP contribution is 2.22. The van der Waals surface area contributed by atoms with E-state index in [2.05, 4.69) is 10.2 Å². The fourth-order valence-corrected chi connectivity index (χ4v) is 3.06. The van der Waals surface area contributed by atoms with E-state index in [4.69, 9.17) is 16.3 Å². The molecule has 23 heavy (non-hydrogen) atoms. The fraction of sp³-hybridized carbons (Fsp3) is 0.176. The van der Waals surface area contributed by atoms with Gasteiger partial charge in [-0.2, -0.15) is 0 Å². The lowest BCUT2D eigenvalue weighted by atomic mass is 10.2. The lowest BCUT2D eigenvalue weighted by Crippen LogP contribution is -2.03. The van der Waals surface area contributed by atoms with Crippen LogP contribution in [0.2, 0.25) is 5.02 Å². The Balaban J connectivity index is 1.60. The Morgan fingerprint density at radius 1 is 1.17 bits per heavy atom. The maximum Gasteiger partial charge on any atom is 0.195 e. The molecule has 0 fully saturated rings. The third kappa shape index (κ3) is 4.06. The molecule has 1 aromatic heterocycles. The van der Waals surface area contributed by atoms with Crippen LogP contribution in [0.4, 0.5) is 0 Å². The van der Waals surface area contributed by atoms with Gasteiger partial charge in [0.15, 0.2) is 5.16 Å². The Kier molecular flexibility index (Phi) is 5.20. The topological polar surface area (TPSA) is 39.9 Å². The van der Waals surface area contributed by atoms with Gasteiger partial charge in [-0.25, -0.2) is 0 Å². The van der Waals surface area contributed by atoms with Crippen LogP contribution >= 0.6 is 23.4 Å². The van der Waals surface area contributed by atoms with Crippen molar-refractivity contribution in [3.63, 3.8) is 0 Å². The van der Waals surface area contributed by atoms with Gasteiger partial charge >= 0.3 is 0 Å². The summed E-state index contributed by atoms with van der Waals surface area (Å²) in [4.78, 5) is 0. The number of aryl methyl sites for hydroxylation is 1. The van der Waals surface area contributed by atoms with Crippen LogP contribution in [0.1, 0.15) is 5.56 Å². The van der Waals surface area contributed by atoms with Gasteiger partial charge < -0.3 is 4.74 Å². The van der Waals surface area contributed by atoms with E-state index in [1.807, 2.05) is 60.0 Å². The van der Waals surface area contributed by atoms with Gasteiger partial charge in [-0.05, 0) is 36.8 Å². The van der Waals surface area contributed by atoms with E-state index in [9.17, 15) is 0 Å². The van der Waals surface area contributed by atoms with Gasteiger partial charge in [0.05, 0.1) is 12.3 Å². The fourth-order valence-electron chi connectivity index (χ4n) is 2.13. The van der Waals surface area contributed by atoms with E-state index in [0.717, 1.165) is 27.9 Å². The molecule has 0 saturated heterocycles. The summed E-state index contributed by atoms with van der Waals surface area (Å²) in [5, 5.41) is 9.66. The first-order valence-corrected chi connectivity index (χ1v) is 8.57. The van der Waals surface area contributed by atoms with E-state index in [1.54, 1.807) is 18.1 Å². The quantitative estimate of drug-likeness (QED) is 0.490. The molecule has 0 atom stereocenters. The third-order valence-electron chi connectivity index (χ3n) is 3.27. The molecule has 3 aromatic rings. The number of rotatable bonds is 6. The zero-order valence-electron chi connectivity index (χ0n) is 12.6. The summed E-state index contributed by atoms with van der Waals surface area (Å²) >= 11 is 7.64. The Hall–Kier alpha value is -1.98. The molecule has 0 saturated carbocycles. The molecular weight excluding hydrogens is 330 g/mol. The van der Waals surface area contributed by atoms with Crippen LogP contribution in [0.3, 0.4) is 0 Å². The highest BCUT2D eigenvalue weighted by Gasteiger charge is 2.07. The van der Waals surface area contributed by atoms with E-state index in [1.165, 1.54) is 0 Å². The molecule has 0 unspecified atom stereocenters. The number of nitrogens with zero attached hydrogens (tertiary/aromatic N) is 3.